The number of aryl methyl sites for hydroxylation is 1. The van der Waals surface area contributed by atoms with Crippen molar-refractivity contribution in [3.05, 3.63) is 28.2 Å². The van der Waals surface area contributed by atoms with E-state index in [9.17, 15) is 9.59 Å². The summed E-state index contributed by atoms with van der Waals surface area (Å²) >= 11 is 3.39. The zero-order valence-corrected chi connectivity index (χ0v) is 12.9. The highest BCUT2D eigenvalue weighted by Crippen LogP contribution is 2.47. The number of hydrogen-bond acceptors (Lipinski definition) is 2. The topological polar surface area (TPSA) is 58.2 Å². The van der Waals surface area contributed by atoms with Crippen LogP contribution in [0.4, 0.5) is 5.69 Å². The average molecular weight is 337 g/mol. The Morgan fingerprint density at radius 3 is 2.50 bits per heavy atom. The third-order valence-corrected chi connectivity index (χ3v) is 4.46. The Kier molecular flexibility index (Phi) is 3.32. The number of carbonyl (C=O) groups excluding carboxylic acids is 2. The van der Waals surface area contributed by atoms with Gasteiger partial charge in [-0.25, -0.2) is 0 Å². The van der Waals surface area contributed by atoms with E-state index < -0.39 is 5.41 Å². The number of carbonyl (C=O) groups is 2. The lowest BCUT2D eigenvalue weighted by atomic mass is 10.0. The van der Waals surface area contributed by atoms with Crippen LogP contribution in [0, 0.1) is 12.3 Å². The third kappa shape index (κ3) is 2.59. The molecular weight excluding hydrogens is 320 g/mol. The van der Waals surface area contributed by atoms with Gasteiger partial charge in [-0.15, -0.1) is 0 Å². The monoisotopic (exact) mass is 336 g/mol. The Balaban J connectivity index is 1.70. The number of halogens is 1. The van der Waals surface area contributed by atoms with Crippen LogP contribution in [-0.2, 0) is 9.59 Å². The highest BCUT2D eigenvalue weighted by Gasteiger charge is 2.57. The van der Waals surface area contributed by atoms with Crippen molar-refractivity contribution in [2.24, 2.45) is 5.41 Å². The van der Waals surface area contributed by atoms with Gasteiger partial charge in [0, 0.05) is 16.2 Å². The molecule has 0 aromatic heterocycles. The predicted octanol–water partition coefficient (Wildman–Crippen LogP) is 2.75. The molecule has 0 saturated heterocycles. The summed E-state index contributed by atoms with van der Waals surface area (Å²) in [5.41, 5.74) is 0.914. The van der Waals surface area contributed by atoms with Crippen LogP contribution in [0.25, 0.3) is 0 Å². The molecule has 1 aromatic rings. The van der Waals surface area contributed by atoms with Crippen LogP contribution in [-0.4, -0.2) is 17.9 Å². The minimum absolute atomic E-state index is 0.104. The standard InChI is InChI=1S/C15H17BrN2O2/c1-9-8-10(16)2-5-12(9)18-14(20)15(6-7-15)13(19)17-11-3-4-11/h2,5,8,11H,3-4,6-7H2,1H3,(H,17,19)(H,18,20). The van der Waals surface area contributed by atoms with Crippen molar-refractivity contribution >= 4 is 33.4 Å². The molecule has 2 N–H and O–H groups in total. The molecule has 2 saturated carbocycles. The molecule has 2 fully saturated rings. The summed E-state index contributed by atoms with van der Waals surface area (Å²) < 4.78 is 0.973. The van der Waals surface area contributed by atoms with Gasteiger partial charge < -0.3 is 10.6 Å². The Morgan fingerprint density at radius 1 is 1.25 bits per heavy atom. The molecule has 0 radical (unpaired) electrons. The molecule has 2 aliphatic carbocycles. The summed E-state index contributed by atoms with van der Waals surface area (Å²) in [7, 11) is 0. The second kappa shape index (κ2) is 4.88. The molecule has 0 bridgehead atoms. The lowest BCUT2D eigenvalue weighted by Gasteiger charge is -2.16. The van der Waals surface area contributed by atoms with E-state index in [1.807, 2.05) is 25.1 Å². The molecule has 0 heterocycles. The van der Waals surface area contributed by atoms with Gasteiger partial charge in [0.25, 0.3) is 0 Å². The summed E-state index contributed by atoms with van der Waals surface area (Å²) in [5, 5.41) is 5.83. The highest BCUT2D eigenvalue weighted by atomic mass is 79.9. The van der Waals surface area contributed by atoms with Gasteiger partial charge in [0.1, 0.15) is 5.41 Å². The Morgan fingerprint density at radius 2 is 1.95 bits per heavy atom. The molecule has 2 aliphatic rings. The number of nitrogens with one attached hydrogen (secondary N) is 2. The van der Waals surface area contributed by atoms with Crippen LogP contribution >= 0.6 is 15.9 Å². The van der Waals surface area contributed by atoms with E-state index in [2.05, 4.69) is 26.6 Å². The van der Waals surface area contributed by atoms with Crippen LogP contribution in [0.3, 0.4) is 0 Å². The lowest BCUT2D eigenvalue weighted by Crippen LogP contribution is -2.40. The number of anilines is 1. The molecule has 2 amide bonds. The van der Waals surface area contributed by atoms with E-state index >= 15 is 0 Å². The summed E-state index contributed by atoms with van der Waals surface area (Å²) in [6, 6.07) is 5.97. The molecule has 0 spiro atoms. The molecule has 0 unspecified atom stereocenters. The first-order chi connectivity index (χ1) is 9.51. The maximum absolute atomic E-state index is 12.4. The smallest absolute Gasteiger partial charge is 0.240 e. The van der Waals surface area contributed by atoms with Gasteiger partial charge in [0.05, 0.1) is 0 Å². The number of benzene rings is 1. The summed E-state index contributed by atoms with van der Waals surface area (Å²) in [6.07, 6.45) is 3.37. The second-order valence-electron chi connectivity index (χ2n) is 5.74. The molecule has 4 nitrogen and oxygen atoms in total. The van der Waals surface area contributed by atoms with Crippen LogP contribution in [0.15, 0.2) is 22.7 Å². The van der Waals surface area contributed by atoms with Gasteiger partial charge in [0.2, 0.25) is 11.8 Å². The first kappa shape index (κ1) is 13.6. The number of hydrogen-bond donors (Lipinski definition) is 2. The van der Waals surface area contributed by atoms with Gasteiger partial charge in [-0.05, 0) is 56.4 Å². The Hall–Kier alpha value is -1.36. The second-order valence-corrected chi connectivity index (χ2v) is 6.66. The fraction of sp³-hybridized carbons (Fsp3) is 0.467. The quantitative estimate of drug-likeness (QED) is 0.830. The number of amides is 2. The molecule has 3 rings (SSSR count). The molecule has 5 heteroatoms. The third-order valence-electron chi connectivity index (χ3n) is 3.97. The normalized spacial score (nSPS) is 19.3. The number of rotatable bonds is 4. The fourth-order valence-electron chi connectivity index (χ4n) is 2.24. The van der Waals surface area contributed by atoms with Crippen LogP contribution in [0.2, 0.25) is 0 Å². The maximum atomic E-state index is 12.4. The first-order valence-corrected chi connectivity index (χ1v) is 7.69. The zero-order valence-electron chi connectivity index (χ0n) is 11.3. The molecule has 20 heavy (non-hydrogen) atoms. The predicted molar refractivity (Wildman–Crippen MR) is 80.3 cm³/mol. The molecule has 106 valence electrons. The van der Waals surface area contributed by atoms with Gasteiger partial charge in [0.15, 0.2) is 0 Å². The van der Waals surface area contributed by atoms with Gasteiger partial charge in [-0.3, -0.25) is 9.59 Å². The van der Waals surface area contributed by atoms with Crippen molar-refractivity contribution < 1.29 is 9.59 Å². The van der Waals surface area contributed by atoms with E-state index in [4.69, 9.17) is 0 Å². The van der Waals surface area contributed by atoms with Crippen molar-refractivity contribution in [2.75, 3.05) is 5.32 Å². The van der Waals surface area contributed by atoms with E-state index in [1.54, 1.807) is 0 Å². The van der Waals surface area contributed by atoms with Crippen LogP contribution in [0.1, 0.15) is 31.2 Å². The lowest BCUT2D eigenvalue weighted by molar-refractivity contribution is -0.134. The van der Waals surface area contributed by atoms with E-state index in [1.165, 1.54) is 0 Å². The van der Waals surface area contributed by atoms with Gasteiger partial charge >= 0.3 is 0 Å². The van der Waals surface area contributed by atoms with Crippen LogP contribution in [0.5, 0.6) is 0 Å². The Labute approximate surface area is 126 Å². The van der Waals surface area contributed by atoms with Gasteiger partial charge in [-0.2, -0.15) is 0 Å². The van der Waals surface area contributed by atoms with Crippen LogP contribution < -0.4 is 10.6 Å². The van der Waals surface area contributed by atoms with Crippen molar-refractivity contribution in [1.29, 1.82) is 0 Å². The minimum atomic E-state index is -0.831. The largest absolute Gasteiger partial charge is 0.352 e. The maximum Gasteiger partial charge on any atom is 0.240 e. The first-order valence-electron chi connectivity index (χ1n) is 6.90. The molecular formula is C15H17BrN2O2. The van der Waals surface area contributed by atoms with Crippen molar-refractivity contribution in [3.63, 3.8) is 0 Å². The fourth-order valence-corrected chi connectivity index (χ4v) is 2.72. The summed E-state index contributed by atoms with van der Waals surface area (Å²) in [6.45, 7) is 1.93. The minimum Gasteiger partial charge on any atom is -0.352 e. The average Bonchev–Trinajstić information content (AvgIpc) is 3.24. The molecule has 0 atom stereocenters. The molecule has 1 aromatic carbocycles. The van der Waals surface area contributed by atoms with E-state index in [-0.39, 0.29) is 11.8 Å². The zero-order chi connectivity index (χ0) is 14.3. The summed E-state index contributed by atoms with van der Waals surface area (Å²) in [5.74, 6) is -0.284. The van der Waals surface area contributed by atoms with Gasteiger partial charge in [-0.1, -0.05) is 15.9 Å². The van der Waals surface area contributed by atoms with Crippen molar-refractivity contribution in [3.8, 4) is 0 Å². The van der Waals surface area contributed by atoms with Crippen molar-refractivity contribution in [1.82, 2.24) is 5.32 Å². The van der Waals surface area contributed by atoms with E-state index in [0.29, 0.717) is 18.9 Å². The summed E-state index contributed by atoms with van der Waals surface area (Å²) in [4.78, 5) is 24.6. The van der Waals surface area contributed by atoms with Crippen molar-refractivity contribution in [2.45, 2.75) is 38.6 Å². The highest BCUT2D eigenvalue weighted by molar-refractivity contribution is 9.10. The van der Waals surface area contributed by atoms with E-state index in [0.717, 1.165) is 28.6 Å². The molecule has 0 aliphatic heterocycles. The SMILES string of the molecule is Cc1cc(Br)ccc1NC(=O)C1(C(=O)NC2CC2)CC1. The Bertz CT molecular complexity index is 577.